The Kier molecular flexibility index (Phi) is 7.07. The fourth-order valence-corrected chi connectivity index (χ4v) is 2.06. The minimum Gasteiger partial charge on any atom is -0.748 e. The molecule has 0 saturated heterocycles. The van der Waals surface area contributed by atoms with E-state index in [9.17, 15) is 0 Å². The summed E-state index contributed by atoms with van der Waals surface area (Å²) < 4.78 is 0. The SMILES string of the molecule is Cc1c(Cc2ccccc2)cc[c-]1C.[Fe].[cH-]1[cH-][cH-][cH-][cH-]1. The smallest absolute Gasteiger partial charge is 0 e. The number of aryl methyl sites for hydroxylation is 1. The van der Waals surface area contributed by atoms with Crippen molar-refractivity contribution in [1.29, 1.82) is 0 Å². The van der Waals surface area contributed by atoms with Gasteiger partial charge in [0, 0.05) is 17.1 Å². The predicted molar refractivity (Wildman–Crippen MR) is 82.8 cm³/mol. The Morgan fingerprint density at radius 2 is 1.45 bits per heavy atom. The quantitative estimate of drug-likeness (QED) is 0.461. The van der Waals surface area contributed by atoms with Crippen molar-refractivity contribution in [2.75, 3.05) is 0 Å². The van der Waals surface area contributed by atoms with Crippen LogP contribution in [0, 0.1) is 13.8 Å². The summed E-state index contributed by atoms with van der Waals surface area (Å²) in [6.45, 7) is 4.37. The zero-order chi connectivity index (χ0) is 13.5. The number of benzene rings is 1. The van der Waals surface area contributed by atoms with Gasteiger partial charge in [0.15, 0.2) is 0 Å². The molecule has 0 heterocycles. The van der Waals surface area contributed by atoms with Crippen LogP contribution < -0.4 is 0 Å². The van der Waals surface area contributed by atoms with E-state index in [0.717, 1.165) is 6.42 Å². The molecule has 1 heteroatoms. The molecule has 0 aliphatic rings. The van der Waals surface area contributed by atoms with Crippen LogP contribution in [0.5, 0.6) is 0 Å². The van der Waals surface area contributed by atoms with Gasteiger partial charge < -0.3 is 30.3 Å². The van der Waals surface area contributed by atoms with Gasteiger partial charge in [0.2, 0.25) is 0 Å². The Morgan fingerprint density at radius 3 is 1.90 bits per heavy atom. The first-order valence-corrected chi connectivity index (χ1v) is 6.70. The van der Waals surface area contributed by atoms with Crippen molar-refractivity contribution in [2.45, 2.75) is 20.3 Å². The van der Waals surface area contributed by atoms with Crippen molar-refractivity contribution in [3.05, 3.63) is 95.1 Å². The van der Waals surface area contributed by atoms with Crippen LogP contribution in [-0.4, -0.2) is 0 Å². The molecule has 0 unspecified atom stereocenters. The van der Waals surface area contributed by atoms with Gasteiger partial charge >= 0.3 is 0 Å². The first kappa shape index (κ1) is 16.5. The van der Waals surface area contributed by atoms with Crippen LogP contribution in [0.4, 0.5) is 0 Å². The van der Waals surface area contributed by atoms with Gasteiger partial charge in [-0.25, -0.2) is 6.07 Å². The van der Waals surface area contributed by atoms with Crippen LogP contribution in [-0.2, 0) is 23.5 Å². The van der Waals surface area contributed by atoms with Crippen LogP contribution >= 0.6 is 0 Å². The summed E-state index contributed by atoms with van der Waals surface area (Å²) in [6, 6.07) is 25.1. The third kappa shape index (κ3) is 4.85. The molecule has 0 bridgehead atoms. The van der Waals surface area contributed by atoms with E-state index < -0.39 is 0 Å². The zero-order valence-electron chi connectivity index (χ0n) is 12.0. The fraction of sp³-hybridized carbons (Fsp3) is 0.158. The van der Waals surface area contributed by atoms with Gasteiger partial charge in [0.1, 0.15) is 0 Å². The second-order valence-electron chi connectivity index (χ2n) is 4.79. The molecule has 20 heavy (non-hydrogen) atoms. The third-order valence-corrected chi connectivity index (χ3v) is 3.40. The summed E-state index contributed by atoms with van der Waals surface area (Å²) in [5.41, 5.74) is 5.68. The summed E-state index contributed by atoms with van der Waals surface area (Å²) in [6.07, 6.45) is 1.06. The molecule has 0 nitrogen and oxygen atoms in total. The second-order valence-corrected chi connectivity index (χ2v) is 4.79. The minimum absolute atomic E-state index is 0. The maximum Gasteiger partial charge on any atom is 0 e. The van der Waals surface area contributed by atoms with Gasteiger partial charge in [0.25, 0.3) is 0 Å². The molecule has 3 aromatic carbocycles. The Bertz CT molecular complexity index is 556. The summed E-state index contributed by atoms with van der Waals surface area (Å²) in [5.74, 6) is 0. The molecule has 0 aromatic heterocycles. The molecule has 0 N–H and O–H groups in total. The van der Waals surface area contributed by atoms with Crippen LogP contribution in [0.1, 0.15) is 22.3 Å². The minimum atomic E-state index is 0. The van der Waals surface area contributed by atoms with E-state index >= 15 is 0 Å². The van der Waals surface area contributed by atoms with Gasteiger partial charge in [-0.15, -0.1) is 0 Å². The van der Waals surface area contributed by atoms with Gasteiger partial charge in [0.05, 0.1) is 0 Å². The van der Waals surface area contributed by atoms with Crippen LogP contribution in [0.3, 0.4) is 0 Å². The Labute approximate surface area is 132 Å². The van der Waals surface area contributed by atoms with Gasteiger partial charge in [-0.2, -0.15) is 22.8 Å². The van der Waals surface area contributed by atoms with E-state index in [-0.39, 0.29) is 17.1 Å². The van der Waals surface area contributed by atoms with E-state index in [2.05, 4.69) is 56.3 Å². The first-order chi connectivity index (χ1) is 9.27. The van der Waals surface area contributed by atoms with E-state index in [1.807, 2.05) is 30.3 Å². The summed E-state index contributed by atoms with van der Waals surface area (Å²) >= 11 is 0. The predicted octanol–water partition coefficient (Wildman–Crippen LogP) is 5.02. The van der Waals surface area contributed by atoms with E-state index in [1.54, 1.807) is 0 Å². The summed E-state index contributed by atoms with van der Waals surface area (Å²) in [5, 5.41) is 0. The standard InChI is InChI=1S/C14H15.C5H5.Fe/c1-11-8-9-14(12(11)2)10-13-6-4-3-5-7-13;1-2-4-5-3-1;/h3-9H,10H2,1-2H3;1-5H;/q-1;-5;. The molecule has 0 atom stereocenters. The number of hydrogen-bond donors (Lipinski definition) is 0. The van der Waals surface area contributed by atoms with Crippen molar-refractivity contribution in [3.8, 4) is 0 Å². The Balaban J connectivity index is 0.000000283. The molecule has 3 rings (SSSR count). The molecule has 0 aliphatic heterocycles. The largest absolute Gasteiger partial charge is 0.748 e. The maximum atomic E-state index is 2.23. The molecule has 0 aliphatic carbocycles. The Hall–Kier alpha value is -1.56. The van der Waals surface area contributed by atoms with Gasteiger partial charge in [-0.1, -0.05) is 56.2 Å². The molecule has 0 radical (unpaired) electrons. The molecular formula is C19H20Fe-6. The van der Waals surface area contributed by atoms with Crippen molar-refractivity contribution in [3.63, 3.8) is 0 Å². The molecule has 0 amide bonds. The average Bonchev–Trinajstić information content (AvgIpc) is 3.10. The number of rotatable bonds is 2. The second kappa shape index (κ2) is 8.58. The Morgan fingerprint density at radius 1 is 0.900 bits per heavy atom. The first-order valence-electron chi connectivity index (χ1n) is 6.70. The summed E-state index contributed by atoms with van der Waals surface area (Å²) in [4.78, 5) is 0. The van der Waals surface area contributed by atoms with Crippen molar-refractivity contribution >= 4 is 0 Å². The topological polar surface area (TPSA) is 0 Å². The van der Waals surface area contributed by atoms with Crippen molar-refractivity contribution < 1.29 is 17.1 Å². The van der Waals surface area contributed by atoms with Crippen LogP contribution in [0.25, 0.3) is 0 Å². The third-order valence-electron chi connectivity index (χ3n) is 3.40. The van der Waals surface area contributed by atoms with Crippen molar-refractivity contribution in [2.24, 2.45) is 0 Å². The zero-order valence-corrected chi connectivity index (χ0v) is 13.1. The van der Waals surface area contributed by atoms with Crippen LogP contribution in [0.2, 0.25) is 0 Å². The fourth-order valence-electron chi connectivity index (χ4n) is 2.06. The van der Waals surface area contributed by atoms with E-state index in [1.165, 1.54) is 22.3 Å². The van der Waals surface area contributed by atoms with E-state index in [4.69, 9.17) is 0 Å². The van der Waals surface area contributed by atoms with Gasteiger partial charge in [-0.3, -0.25) is 0 Å². The molecule has 0 spiro atoms. The molecule has 110 valence electrons. The normalized spacial score (nSPS) is 9.30. The van der Waals surface area contributed by atoms with Crippen LogP contribution in [0.15, 0.2) is 72.8 Å². The van der Waals surface area contributed by atoms with Crippen molar-refractivity contribution in [1.82, 2.24) is 0 Å². The molecule has 0 saturated carbocycles. The molecular weight excluding hydrogens is 284 g/mol. The monoisotopic (exact) mass is 304 g/mol. The maximum absolute atomic E-state index is 2.23. The van der Waals surface area contributed by atoms with Gasteiger partial charge in [-0.05, 0) is 0 Å². The average molecular weight is 304 g/mol. The molecule has 0 fully saturated rings. The van der Waals surface area contributed by atoms with E-state index in [0.29, 0.717) is 0 Å². The molecule has 3 aromatic rings. The number of hydrogen-bond acceptors (Lipinski definition) is 0. The summed E-state index contributed by atoms with van der Waals surface area (Å²) in [7, 11) is 0.